The van der Waals surface area contributed by atoms with Crippen LogP contribution in [-0.4, -0.2) is 8.07 Å². The third kappa shape index (κ3) is 2.72. The lowest BCUT2D eigenvalue weighted by molar-refractivity contribution is 1.56. The van der Waals surface area contributed by atoms with E-state index in [2.05, 4.69) is 31.9 Å². The monoisotopic (exact) mass is 164 g/mol. The van der Waals surface area contributed by atoms with E-state index in [1.54, 1.807) is 0 Å². The Morgan fingerprint density at radius 3 is 1.82 bits per heavy atom. The van der Waals surface area contributed by atoms with Crippen molar-refractivity contribution in [2.24, 2.45) is 0 Å². The van der Waals surface area contributed by atoms with Gasteiger partial charge in [-0.3, -0.25) is 0 Å². The van der Waals surface area contributed by atoms with Gasteiger partial charge in [-0.2, -0.15) is 0 Å². The minimum atomic E-state index is -1.53. The molecule has 0 bridgehead atoms. The maximum absolute atomic E-state index is 3.81. The molecule has 0 radical (unpaired) electrons. The van der Waals surface area contributed by atoms with E-state index in [0.29, 0.717) is 0 Å². The molecule has 0 fully saturated rings. The van der Waals surface area contributed by atoms with Gasteiger partial charge in [0.25, 0.3) is 0 Å². The van der Waals surface area contributed by atoms with Crippen LogP contribution in [0.25, 0.3) is 0 Å². The fraction of sp³-hybridized carbons (Fsp3) is 0.200. The molecule has 0 nitrogen and oxygen atoms in total. The molecule has 0 saturated carbocycles. The summed E-state index contributed by atoms with van der Waals surface area (Å²) in [5.74, 6) is 0. The summed E-state index contributed by atoms with van der Waals surface area (Å²) in [6.07, 6.45) is 4.20. The van der Waals surface area contributed by atoms with Crippen LogP contribution >= 0.6 is 0 Å². The molecule has 0 atom stereocenters. The Balaban J connectivity index is 4.40. The average Bonchev–Trinajstić information content (AvgIpc) is 2.08. The number of rotatable bonds is 5. The van der Waals surface area contributed by atoms with Gasteiger partial charge >= 0.3 is 0 Å². The molecule has 60 valence electrons. The molecule has 0 aromatic rings. The smallest absolute Gasteiger partial charge is 0.106 e. The van der Waals surface area contributed by atoms with Crippen LogP contribution in [0.15, 0.2) is 49.0 Å². The Morgan fingerprint density at radius 2 is 1.55 bits per heavy atom. The van der Waals surface area contributed by atoms with Crippen molar-refractivity contribution in [1.82, 2.24) is 0 Å². The molecule has 0 aromatic carbocycles. The summed E-state index contributed by atoms with van der Waals surface area (Å²) in [4.78, 5) is 0. The van der Waals surface area contributed by atoms with E-state index in [1.807, 2.05) is 24.0 Å². The summed E-state index contributed by atoms with van der Waals surface area (Å²) in [7, 11) is -1.53. The fourth-order valence-corrected chi connectivity index (χ4v) is 2.47. The zero-order valence-electron chi connectivity index (χ0n) is 7.22. The van der Waals surface area contributed by atoms with Crippen LogP contribution in [0.5, 0.6) is 0 Å². The zero-order valence-corrected chi connectivity index (χ0v) is 8.22. The van der Waals surface area contributed by atoms with Crippen molar-refractivity contribution in [2.75, 3.05) is 0 Å². The van der Waals surface area contributed by atoms with Gasteiger partial charge in [0.1, 0.15) is 8.07 Å². The molecule has 0 aliphatic carbocycles. The lowest BCUT2D eigenvalue weighted by Gasteiger charge is -2.16. The highest BCUT2D eigenvalue weighted by atomic mass is 28.3. The molecule has 0 N–H and O–H groups in total. The second-order valence-corrected chi connectivity index (χ2v) is 6.36. The molecule has 0 saturated heterocycles. The van der Waals surface area contributed by atoms with Crippen LogP contribution in [0.1, 0.15) is 6.92 Å². The van der Waals surface area contributed by atoms with Crippen LogP contribution in [-0.2, 0) is 0 Å². The second-order valence-electron chi connectivity index (χ2n) is 2.50. The molecule has 0 aromatic heterocycles. The Kier molecular flexibility index (Phi) is 4.54. The van der Waals surface area contributed by atoms with E-state index in [-0.39, 0.29) is 0 Å². The molecular weight excluding hydrogens is 148 g/mol. The highest BCUT2D eigenvalue weighted by Gasteiger charge is 2.18. The minimum Gasteiger partial charge on any atom is -0.106 e. The van der Waals surface area contributed by atoms with Gasteiger partial charge in [0.15, 0.2) is 0 Å². The number of hydrogen-bond donors (Lipinski definition) is 0. The van der Waals surface area contributed by atoms with Crippen molar-refractivity contribution in [3.05, 3.63) is 49.0 Å². The lowest BCUT2D eigenvalue weighted by atomic mass is 10.6. The molecule has 11 heavy (non-hydrogen) atoms. The molecule has 0 aliphatic heterocycles. The van der Waals surface area contributed by atoms with Crippen LogP contribution in [0.2, 0.25) is 6.04 Å². The Morgan fingerprint density at radius 1 is 1.09 bits per heavy atom. The lowest BCUT2D eigenvalue weighted by Crippen LogP contribution is -2.25. The highest BCUT2D eigenvalue weighted by Crippen LogP contribution is 2.13. The third-order valence-electron chi connectivity index (χ3n) is 1.85. The van der Waals surface area contributed by atoms with Gasteiger partial charge in [0.2, 0.25) is 0 Å². The van der Waals surface area contributed by atoms with Gasteiger partial charge in [-0.05, 0) is 13.0 Å². The summed E-state index contributed by atoms with van der Waals surface area (Å²) < 4.78 is 0. The van der Waals surface area contributed by atoms with Crippen LogP contribution in [0.4, 0.5) is 0 Å². The van der Waals surface area contributed by atoms with Crippen LogP contribution in [0.3, 0.4) is 0 Å². The Labute approximate surface area is 70.6 Å². The van der Waals surface area contributed by atoms with Gasteiger partial charge in [-0.25, -0.2) is 0 Å². The molecule has 0 amide bonds. The number of hydrogen-bond acceptors (Lipinski definition) is 0. The normalized spacial score (nSPS) is 11.4. The zero-order chi connectivity index (χ0) is 8.74. The van der Waals surface area contributed by atoms with Crippen molar-refractivity contribution < 1.29 is 0 Å². The summed E-state index contributed by atoms with van der Waals surface area (Å²) in [6.45, 7) is 13.5. The first-order valence-electron chi connectivity index (χ1n) is 3.76. The van der Waals surface area contributed by atoms with E-state index in [9.17, 15) is 0 Å². The fourth-order valence-electron chi connectivity index (χ4n) is 0.822. The van der Waals surface area contributed by atoms with Crippen molar-refractivity contribution >= 4 is 8.07 Å². The topological polar surface area (TPSA) is 0 Å². The Hall–Kier alpha value is -0.823. The van der Waals surface area contributed by atoms with Crippen LogP contribution < -0.4 is 0 Å². The first-order chi connectivity index (χ1) is 5.24. The van der Waals surface area contributed by atoms with Gasteiger partial charge in [-0.15, -0.1) is 19.7 Å². The molecular formula is C10H16Si. The van der Waals surface area contributed by atoms with Gasteiger partial charge < -0.3 is 0 Å². The summed E-state index contributed by atoms with van der Waals surface area (Å²) in [5.41, 5.74) is 6.02. The molecule has 0 rings (SSSR count). The first kappa shape index (κ1) is 10.2. The van der Waals surface area contributed by atoms with Crippen molar-refractivity contribution in [1.29, 1.82) is 0 Å². The maximum Gasteiger partial charge on any atom is 0.128 e. The Bertz CT molecular complexity index is 156. The standard InChI is InChI=1S/C10H16Si/c1-5-9-10-11(6-2,7-3)8-4/h5-9H,2-4,10H2,1H3/b9-5+. The summed E-state index contributed by atoms with van der Waals surface area (Å²) in [6, 6.07) is 1.04. The van der Waals surface area contributed by atoms with Gasteiger partial charge in [-0.1, -0.05) is 29.2 Å². The number of allylic oxidation sites excluding steroid dienone is 2. The van der Waals surface area contributed by atoms with E-state index in [4.69, 9.17) is 0 Å². The molecule has 0 unspecified atom stereocenters. The van der Waals surface area contributed by atoms with Gasteiger partial charge in [0, 0.05) is 0 Å². The largest absolute Gasteiger partial charge is 0.128 e. The summed E-state index contributed by atoms with van der Waals surface area (Å²) >= 11 is 0. The van der Waals surface area contributed by atoms with E-state index >= 15 is 0 Å². The van der Waals surface area contributed by atoms with Crippen LogP contribution in [0, 0.1) is 0 Å². The average molecular weight is 164 g/mol. The molecule has 0 spiro atoms. The van der Waals surface area contributed by atoms with E-state index in [1.165, 1.54) is 0 Å². The third-order valence-corrected chi connectivity index (χ3v) is 5.07. The second kappa shape index (κ2) is 4.91. The van der Waals surface area contributed by atoms with Gasteiger partial charge in [0.05, 0.1) is 0 Å². The van der Waals surface area contributed by atoms with Crippen molar-refractivity contribution in [2.45, 2.75) is 13.0 Å². The minimum absolute atomic E-state index is 1.04. The highest BCUT2D eigenvalue weighted by molar-refractivity contribution is 6.93. The molecule has 1 heteroatoms. The predicted molar refractivity (Wildman–Crippen MR) is 56.0 cm³/mol. The first-order valence-corrected chi connectivity index (χ1v) is 6.20. The molecule has 0 aliphatic rings. The van der Waals surface area contributed by atoms with E-state index in [0.717, 1.165) is 6.04 Å². The summed E-state index contributed by atoms with van der Waals surface area (Å²) in [5, 5.41) is 0. The predicted octanol–water partition coefficient (Wildman–Crippen LogP) is 3.19. The van der Waals surface area contributed by atoms with Crippen molar-refractivity contribution in [3.8, 4) is 0 Å². The van der Waals surface area contributed by atoms with E-state index < -0.39 is 8.07 Å². The van der Waals surface area contributed by atoms with Crippen molar-refractivity contribution in [3.63, 3.8) is 0 Å². The molecule has 0 heterocycles. The quantitative estimate of drug-likeness (QED) is 0.432. The SMILES string of the molecule is C=C[Si](C=C)(C=C)C/C=C/C. The maximum atomic E-state index is 3.81.